The van der Waals surface area contributed by atoms with Gasteiger partial charge in [-0.25, -0.2) is 0 Å². The van der Waals surface area contributed by atoms with Crippen molar-refractivity contribution >= 4 is 23.6 Å². The number of hydrogen-bond acceptors (Lipinski definition) is 5. The summed E-state index contributed by atoms with van der Waals surface area (Å²) in [6.45, 7) is -0.263. The summed E-state index contributed by atoms with van der Waals surface area (Å²) >= 11 is 0.952. The van der Waals surface area contributed by atoms with Gasteiger partial charge in [-0.3, -0.25) is 9.59 Å². The Labute approximate surface area is 103 Å². The molecular weight excluding hydrogens is 242 g/mol. The maximum absolute atomic E-state index is 12.1. The SMILES string of the molecule is O=C(O)CN(C(=O)c1cnsn1)C1CCCC1. The molecule has 1 aliphatic rings. The summed E-state index contributed by atoms with van der Waals surface area (Å²) in [6, 6.07) is 0.0281. The summed E-state index contributed by atoms with van der Waals surface area (Å²) in [6.07, 6.45) is 5.22. The van der Waals surface area contributed by atoms with E-state index in [0.717, 1.165) is 37.4 Å². The van der Waals surface area contributed by atoms with E-state index in [9.17, 15) is 9.59 Å². The van der Waals surface area contributed by atoms with Crippen molar-refractivity contribution in [3.63, 3.8) is 0 Å². The van der Waals surface area contributed by atoms with Crippen LogP contribution in [0.3, 0.4) is 0 Å². The minimum Gasteiger partial charge on any atom is -0.480 e. The Morgan fingerprint density at radius 2 is 2.18 bits per heavy atom. The number of rotatable bonds is 4. The third-order valence-electron chi connectivity index (χ3n) is 2.91. The Balaban J connectivity index is 2.14. The third kappa shape index (κ3) is 2.79. The maximum atomic E-state index is 12.1. The fourth-order valence-corrected chi connectivity index (χ4v) is 2.54. The average molecular weight is 255 g/mol. The van der Waals surface area contributed by atoms with Gasteiger partial charge in [-0.05, 0) is 12.8 Å². The lowest BCUT2D eigenvalue weighted by Gasteiger charge is -2.26. The fourth-order valence-electron chi connectivity index (χ4n) is 2.13. The van der Waals surface area contributed by atoms with E-state index in [1.54, 1.807) is 0 Å². The predicted octanol–water partition coefficient (Wildman–Crippen LogP) is 1.01. The molecule has 0 saturated heterocycles. The topological polar surface area (TPSA) is 83.4 Å². The molecule has 0 bridgehead atoms. The van der Waals surface area contributed by atoms with Gasteiger partial charge in [0.25, 0.3) is 5.91 Å². The van der Waals surface area contributed by atoms with Crippen molar-refractivity contribution in [1.29, 1.82) is 0 Å². The van der Waals surface area contributed by atoms with E-state index in [1.807, 2.05) is 0 Å². The van der Waals surface area contributed by atoms with Gasteiger partial charge in [0.1, 0.15) is 6.54 Å². The molecule has 1 fully saturated rings. The molecule has 1 aromatic rings. The molecule has 17 heavy (non-hydrogen) atoms. The number of carbonyl (C=O) groups is 2. The van der Waals surface area contributed by atoms with Crippen molar-refractivity contribution in [3.8, 4) is 0 Å². The molecule has 1 N–H and O–H groups in total. The van der Waals surface area contributed by atoms with E-state index in [0.29, 0.717) is 0 Å². The third-order valence-corrected chi connectivity index (χ3v) is 3.39. The maximum Gasteiger partial charge on any atom is 0.323 e. The molecule has 0 spiro atoms. The lowest BCUT2D eigenvalue weighted by atomic mass is 10.2. The molecule has 1 saturated carbocycles. The first kappa shape index (κ1) is 12.0. The molecule has 0 aliphatic heterocycles. The summed E-state index contributed by atoms with van der Waals surface area (Å²) in [5.41, 5.74) is 0.239. The van der Waals surface area contributed by atoms with Crippen LogP contribution in [-0.4, -0.2) is 43.2 Å². The minimum atomic E-state index is -0.992. The first-order chi connectivity index (χ1) is 8.18. The van der Waals surface area contributed by atoms with Gasteiger partial charge in [-0.2, -0.15) is 8.75 Å². The van der Waals surface area contributed by atoms with Crippen molar-refractivity contribution in [3.05, 3.63) is 11.9 Å². The average Bonchev–Trinajstić information content (AvgIpc) is 2.96. The van der Waals surface area contributed by atoms with Crippen molar-refractivity contribution in [2.75, 3.05) is 6.54 Å². The Morgan fingerprint density at radius 3 is 2.71 bits per heavy atom. The number of aromatic nitrogens is 2. The van der Waals surface area contributed by atoms with Crippen LogP contribution in [0, 0.1) is 0 Å². The van der Waals surface area contributed by atoms with E-state index in [1.165, 1.54) is 11.1 Å². The second-order valence-electron chi connectivity index (χ2n) is 4.06. The zero-order valence-electron chi connectivity index (χ0n) is 9.20. The van der Waals surface area contributed by atoms with Crippen molar-refractivity contribution in [1.82, 2.24) is 13.6 Å². The van der Waals surface area contributed by atoms with Gasteiger partial charge in [0.2, 0.25) is 0 Å². The van der Waals surface area contributed by atoms with Crippen LogP contribution in [0.1, 0.15) is 36.2 Å². The van der Waals surface area contributed by atoms with Crippen LogP contribution >= 0.6 is 11.7 Å². The monoisotopic (exact) mass is 255 g/mol. The van der Waals surface area contributed by atoms with E-state index >= 15 is 0 Å². The summed E-state index contributed by atoms with van der Waals surface area (Å²) in [4.78, 5) is 24.3. The number of carboxylic acid groups (broad SMARTS) is 1. The normalized spacial score (nSPS) is 16.0. The number of carboxylic acids is 1. The van der Waals surface area contributed by atoms with Gasteiger partial charge in [0, 0.05) is 6.04 Å². The number of nitrogens with zero attached hydrogens (tertiary/aromatic N) is 3. The van der Waals surface area contributed by atoms with Crippen molar-refractivity contribution in [2.45, 2.75) is 31.7 Å². The highest BCUT2D eigenvalue weighted by Gasteiger charge is 2.30. The molecule has 0 unspecified atom stereocenters. The van der Waals surface area contributed by atoms with Crippen LogP contribution in [0.4, 0.5) is 0 Å². The van der Waals surface area contributed by atoms with Crippen LogP contribution in [0.5, 0.6) is 0 Å². The highest BCUT2D eigenvalue weighted by Crippen LogP contribution is 2.24. The lowest BCUT2D eigenvalue weighted by molar-refractivity contribution is -0.138. The zero-order valence-corrected chi connectivity index (χ0v) is 10.0. The standard InChI is InChI=1S/C10H13N3O3S/c14-9(15)6-13(7-3-1-2-4-7)10(16)8-5-11-17-12-8/h5,7H,1-4,6H2,(H,14,15). The number of aliphatic carboxylic acids is 1. The largest absolute Gasteiger partial charge is 0.480 e. The second kappa shape index (κ2) is 5.22. The van der Waals surface area contributed by atoms with E-state index in [-0.39, 0.29) is 24.2 Å². The lowest BCUT2D eigenvalue weighted by Crippen LogP contribution is -2.42. The Hall–Kier alpha value is -1.50. The Kier molecular flexibility index (Phi) is 3.68. The molecule has 1 amide bonds. The van der Waals surface area contributed by atoms with Crippen LogP contribution < -0.4 is 0 Å². The van der Waals surface area contributed by atoms with E-state index in [2.05, 4.69) is 8.75 Å². The van der Waals surface area contributed by atoms with Crippen molar-refractivity contribution < 1.29 is 14.7 Å². The molecule has 0 aromatic carbocycles. The molecule has 0 atom stereocenters. The molecule has 6 nitrogen and oxygen atoms in total. The minimum absolute atomic E-state index is 0.0281. The van der Waals surface area contributed by atoms with Crippen molar-refractivity contribution in [2.24, 2.45) is 0 Å². The zero-order chi connectivity index (χ0) is 12.3. The van der Waals surface area contributed by atoms with E-state index < -0.39 is 5.97 Å². The van der Waals surface area contributed by atoms with Gasteiger partial charge in [0.05, 0.1) is 17.9 Å². The smallest absolute Gasteiger partial charge is 0.323 e. The summed E-state index contributed by atoms with van der Waals surface area (Å²) in [5.74, 6) is -1.32. The molecule has 2 rings (SSSR count). The summed E-state index contributed by atoms with van der Waals surface area (Å²) < 4.78 is 7.63. The first-order valence-corrected chi connectivity index (χ1v) is 6.22. The molecule has 7 heteroatoms. The van der Waals surface area contributed by atoms with Gasteiger partial charge in [-0.1, -0.05) is 12.8 Å². The Morgan fingerprint density at radius 1 is 1.47 bits per heavy atom. The summed E-state index contributed by atoms with van der Waals surface area (Å²) in [5, 5.41) is 8.86. The first-order valence-electron chi connectivity index (χ1n) is 5.49. The van der Waals surface area contributed by atoms with Gasteiger partial charge >= 0.3 is 5.97 Å². The highest BCUT2D eigenvalue weighted by molar-refractivity contribution is 6.99. The molecular formula is C10H13N3O3S. The number of hydrogen-bond donors (Lipinski definition) is 1. The van der Waals surface area contributed by atoms with E-state index in [4.69, 9.17) is 5.11 Å². The molecule has 1 aliphatic carbocycles. The second-order valence-corrected chi connectivity index (χ2v) is 4.61. The number of carbonyl (C=O) groups excluding carboxylic acids is 1. The highest BCUT2D eigenvalue weighted by atomic mass is 32.1. The molecule has 1 aromatic heterocycles. The fraction of sp³-hybridized carbons (Fsp3) is 0.600. The van der Waals surface area contributed by atoms with Crippen LogP contribution in [-0.2, 0) is 4.79 Å². The van der Waals surface area contributed by atoms with Gasteiger partial charge < -0.3 is 10.0 Å². The van der Waals surface area contributed by atoms with Crippen LogP contribution in [0.15, 0.2) is 6.20 Å². The van der Waals surface area contributed by atoms with Crippen LogP contribution in [0.25, 0.3) is 0 Å². The van der Waals surface area contributed by atoms with Gasteiger partial charge in [-0.15, -0.1) is 0 Å². The summed E-state index contributed by atoms with van der Waals surface area (Å²) in [7, 11) is 0. The predicted molar refractivity (Wildman–Crippen MR) is 60.8 cm³/mol. The molecule has 92 valence electrons. The van der Waals surface area contributed by atoms with Gasteiger partial charge in [0.15, 0.2) is 5.69 Å². The van der Waals surface area contributed by atoms with Crippen LogP contribution in [0.2, 0.25) is 0 Å². The quantitative estimate of drug-likeness (QED) is 0.868. The Bertz CT molecular complexity index is 401. The molecule has 0 radical (unpaired) electrons. The number of amides is 1. The molecule has 1 heterocycles.